The predicted molar refractivity (Wildman–Crippen MR) is 134 cm³/mol. The summed E-state index contributed by atoms with van der Waals surface area (Å²) >= 11 is 0. The number of aromatic amines is 2. The molecule has 5 rings (SSSR count). The van der Waals surface area contributed by atoms with E-state index in [4.69, 9.17) is 5.21 Å². The maximum Gasteiger partial charge on any atom is 0.243 e. The van der Waals surface area contributed by atoms with E-state index < -0.39 is 0 Å². The second-order valence-electron chi connectivity index (χ2n) is 9.43. The van der Waals surface area contributed by atoms with Crippen molar-refractivity contribution in [3.05, 3.63) is 94.9 Å². The number of fused-ring (bicyclic) bond motifs is 2. The highest BCUT2D eigenvalue weighted by Gasteiger charge is 2.29. The smallest absolute Gasteiger partial charge is 0.243 e. The molecule has 2 aromatic heterocycles. The quantitative estimate of drug-likeness (QED) is 0.206. The standard InChI is InChI=1S/C28H32N4O2/c1-19(15-28(33)31-34)20-8-10-25-21(16-20)9-11-27(25)32(18-23-5-4-13-29-23)14-12-22-17-30-26-7-3-2-6-24(22)26/h2-8,10,13,16-17,19,27,29-30,34H,9,11-12,14-15,18H2,1H3,(H,31,33). The Morgan fingerprint density at radius 1 is 1.18 bits per heavy atom. The molecule has 0 saturated heterocycles. The first-order chi connectivity index (χ1) is 16.6. The molecule has 0 saturated carbocycles. The van der Waals surface area contributed by atoms with Crippen LogP contribution in [0.2, 0.25) is 0 Å². The third kappa shape index (κ3) is 4.65. The zero-order valence-electron chi connectivity index (χ0n) is 19.6. The number of nitrogens with one attached hydrogen (secondary N) is 3. The Hall–Kier alpha value is -3.35. The number of aromatic nitrogens is 2. The lowest BCUT2D eigenvalue weighted by atomic mass is 9.94. The van der Waals surface area contributed by atoms with Gasteiger partial charge in [-0.05, 0) is 65.6 Å². The number of hydrogen-bond donors (Lipinski definition) is 4. The van der Waals surface area contributed by atoms with Gasteiger partial charge in [0.05, 0.1) is 0 Å². The van der Waals surface area contributed by atoms with Crippen LogP contribution in [0.5, 0.6) is 0 Å². The van der Waals surface area contributed by atoms with Gasteiger partial charge in [0.1, 0.15) is 0 Å². The summed E-state index contributed by atoms with van der Waals surface area (Å²) in [5.41, 5.74) is 9.45. The van der Waals surface area contributed by atoms with Crippen molar-refractivity contribution in [3.8, 4) is 0 Å². The van der Waals surface area contributed by atoms with E-state index in [-0.39, 0.29) is 18.2 Å². The van der Waals surface area contributed by atoms with Crippen LogP contribution in [0.25, 0.3) is 10.9 Å². The van der Waals surface area contributed by atoms with E-state index in [1.165, 1.54) is 33.3 Å². The number of aryl methyl sites for hydroxylation is 1. The molecule has 1 aliphatic carbocycles. The van der Waals surface area contributed by atoms with Crippen LogP contribution >= 0.6 is 0 Å². The number of benzene rings is 2. The van der Waals surface area contributed by atoms with E-state index in [2.05, 4.69) is 75.7 Å². The van der Waals surface area contributed by atoms with E-state index in [0.717, 1.165) is 37.9 Å². The number of para-hydroxylation sites is 1. The monoisotopic (exact) mass is 456 g/mol. The number of amides is 1. The molecule has 2 aromatic carbocycles. The topological polar surface area (TPSA) is 84.2 Å². The van der Waals surface area contributed by atoms with Gasteiger partial charge in [0.2, 0.25) is 5.91 Å². The van der Waals surface area contributed by atoms with Gasteiger partial charge < -0.3 is 9.97 Å². The molecule has 34 heavy (non-hydrogen) atoms. The first kappa shape index (κ1) is 22.4. The van der Waals surface area contributed by atoms with Crippen molar-refractivity contribution in [1.82, 2.24) is 20.3 Å². The molecule has 0 aliphatic heterocycles. The van der Waals surface area contributed by atoms with Crippen LogP contribution in [-0.2, 0) is 24.2 Å². The average molecular weight is 457 g/mol. The summed E-state index contributed by atoms with van der Waals surface area (Å²) < 4.78 is 0. The maximum absolute atomic E-state index is 11.6. The molecule has 4 N–H and O–H groups in total. The van der Waals surface area contributed by atoms with Crippen molar-refractivity contribution in [1.29, 1.82) is 0 Å². The highest BCUT2D eigenvalue weighted by molar-refractivity contribution is 5.83. The summed E-state index contributed by atoms with van der Waals surface area (Å²) in [5.74, 6) is -0.284. The fourth-order valence-electron chi connectivity index (χ4n) is 5.37. The van der Waals surface area contributed by atoms with E-state index in [1.807, 2.05) is 13.1 Å². The molecule has 2 unspecified atom stereocenters. The Balaban J connectivity index is 1.36. The number of hydroxylamine groups is 1. The normalized spacial score (nSPS) is 16.1. The molecule has 176 valence electrons. The number of carbonyl (C=O) groups is 1. The summed E-state index contributed by atoms with van der Waals surface area (Å²) in [6.45, 7) is 3.89. The Bertz CT molecular complexity index is 1260. The molecular formula is C28H32N4O2. The average Bonchev–Trinajstić information content (AvgIpc) is 3.61. The van der Waals surface area contributed by atoms with Gasteiger partial charge in [-0.3, -0.25) is 14.9 Å². The molecule has 1 amide bonds. The van der Waals surface area contributed by atoms with Crippen molar-refractivity contribution in [2.45, 2.75) is 51.1 Å². The zero-order valence-corrected chi connectivity index (χ0v) is 19.6. The lowest BCUT2D eigenvalue weighted by Crippen LogP contribution is -2.29. The number of H-pyrrole nitrogens is 2. The minimum absolute atomic E-state index is 0.0633. The van der Waals surface area contributed by atoms with E-state index >= 15 is 0 Å². The van der Waals surface area contributed by atoms with Gasteiger partial charge in [0, 0.05) is 54.5 Å². The molecule has 6 heteroatoms. The summed E-state index contributed by atoms with van der Waals surface area (Å²) in [4.78, 5) is 21.0. The van der Waals surface area contributed by atoms with Gasteiger partial charge in [-0.2, -0.15) is 0 Å². The summed E-state index contributed by atoms with van der Waals surface area (Å²) in [6.07, 6.45) is 7.55. The fourth-order valence-corrected chi connectivity index (χ4v) is 5.37. The Morgan fingerprint density at radius 2 is 2.06 bits per heavy atom. The number of nitrogens with zero attached hydrogens (tertiary/aromatic N) is 1. The summed E-state index contributed by atoms with van der Waals surface area (Å²) in [7, 11) is 0. The van der Waals surface area contributed by atoms with Gasteiger partial charge in [-0.25, -0.2) is 5.48 Å². The molecule has 6 nitrogen and oxygen atoms in total. The van der Waals surface area contributed by atoms with Gasteiger partial charge >= 0.3 is 0 Å². The Morgan fingerprint density at radius 3 is 2.88 bits per heavy atom. The molecule has 0 fully saturated rings. The summed E-state index contributed by atoms with van der Waals surface area (Å²) in [6, 6.07) is 19.8. The van der Waals surface area contributed by atoms with Crippen LogP contribution in [0.3, 0.4) is 0 Å². The first-order valence-corrected chi connectivity index (χ1v) is 12.1. The second-order valence-corrected chi connectivity index (χ2v) is 9.43. The number of carbonyl (C=O) groups excluding carboxylic acids is 1. The van der Waals surface area contributed by atoms with E-state index in [1.54, 1.807) is 5.48 Å². The molecule has 1 aliphatic rings. The lowest BCUT2D eigenvalue weighted by molar-refractivity contribution is -0.129. The highest BCUT2D eigenvalue weighted by atomic mass is 16.5. The van der Waals surface area contributed by atoms with Crippen LogP contribution in [0.1, 0.15) is 59.7 Å². The molecule has 0 bridgehead atoms. The van der Waals surface area contributed by atoms with Crippen molar-refractivity contribution in [2.75, 3.05) is 6.54 Å². The lowest BCUT2D eigenvalue weighted by Gasteiger charge is -2.29. The number of rotatable bonds is 9. The van der Waals surface area contributed by atoms with Crippen LogP contribution in [0.15, 0.2) is 67.0 Å². The molecule has 2 heterocycles. The van der Waals surface area contributed by atoms with Crippen molar-refractivity contribution >= 4 is 16.8 Å². The molecule has 4 aromatic rings. The molecule has 2 atom stereocenters. The van der Waals surface area contributed by atoms with Crippen LogP contribution in [0, 0.1) is 0 Å². The zero-order chi connectivity index (χ0) is 23.5. The highest BCUT2D eigenvalue weighted by Crippen LogP contribution is 2.38. The Kier molecular flexibility index (Phi) is 6.52. The van der Waals surface area contributed by atoms with Crippen LogP contribution < -0.4 is 5.48 Å². The van der Waals surface area contributed by atoms with Crippen LogP contribution in [0.4, 0.5) is 0 Å². The van der Waals surface area contributed by atoms with E-state index in [0.29, 0.717) is 6.04 Å². The molecule has 0 spiro atoms. The predicted octanol–water partition coefficient (Wildman–Crippen LogP) is 5.23. The minimum Gasteiger partial charge on any atom is -0.364 e. The minimum atomic E-state index is -0.347. The van der Waals surface area contributed by atoms with Gasteiger partial charge in [-0.15, -0.1) is 0 Å². The largest absolute Gasteiger partial charge is 0.364 e. The van der Waals surface area contributed by atoms with Crippen LogP contribution in [-0.4, -0.2) is 32.5 Å². The maximum atomic E-state index is 11.6. The Labute approximate surface area is 200 Å². The third-order valence-electron chi connectivity index (χ3n) is 7.22. The molecular weight excluding hydrogens is 424 g/mol. The van der Waals surface area contributed by atoms with Gasteiger partial charge in [-0.1, -0.05) is 43.3 Å². The second kappa shape index (κ2) is 9.87. The third-order valence-corrected chi connectivity index (χ3v) is 7.22. The SMILES string of the molecule is CC(CC(=O)NO)c1ccc2c(c1)CCC2N(CCc1c[nH]c2ccccc12)Cc1ccc[nH]1. The number of hydrogen-bond acceptors (Lipinski definition) is 3. The van der Waals surface area contributed by atoms with Crippen molar-refractivity contribution in [2.24, 2.45) is 0 Å². The van der Waals surface area contributed by atoms with Gasteiger partial charge in [0.25, 0.3) is 0 Å². The van der Waals surface area contributed by atoms with Crippen molar-refractivity contribution < 1.29 is 10.0 Å². The summed E-state index contributed by atoms with van der Waals surface area (Å²) in [5, 5.41) is 10.2. The van der Waals surface area contributed by atoms with Crippen molar-refractivity contribution in [3.63, 3.8) is 0 Å². The molecule has 0 radical (unpaired) electrons. The first-order valence-electron chi connectivity index (χ1n) is 12.1. The van der Waals surface area contributed by atoms with Gasteiger partial charge in [0.15, 0.2) is 0 Å². The fraction of sp³-hybridized carbons (Fsp3) is 0.321. The van der Waals surface area contributed by atoms with E-state index in [9.17, 15) is 4.79 Å².